The van der Waals surface area contributed by atoms with E-state index in [0.717, 1.165) is 114 Å². The van der Waals surface area contributed by atoms with Crippen LogP contribution in [0.4, 0.5) is 0 Å². The predicted molar refractivity (Wildman–Crippen MR) is 432 cm³/mol. The molecule has 624 valence electrons. The van der Waals surface area contributed by atoms with E-state index in [9.17, 15) is 43.2 Å². The molecule has 0 aromatic rings. The molecule has 17 nitrogen and oxygen atoms in total. The minimum Gasteiger partial charge on any atom is -0.462 e. The van der Waals surface area contributed by atoms with Crippen molar-refractivity contribution in [3.8, 4) is 0 Å². The van der Waals surface area contributed by atoms with Crippen molar-refractivity contribution in [2.24, 2.45) is 23.7 Å². The SMILES string of the molecule is CC(C)CCCCCCCCCCCCCCCCCCCCC(=O)O[C@H](COC(=O)CCCCCCCCCC(C)C)COP(=O)(O)OCC(O)COP(=O)(O)OC[C@@H](COC(=O)CCCCCCCCCCCCCCCCCCC(C)C)OC(=O)CCCCCCCCCCCCCCC(C)C. The molecule has 0 rings (SSSR count). The molecule has 0 bridgehead atoms. The second-order valence-electron chi connectivity index (χ2n) is 32.8. The largest absolute Gasteiger partial charge is 0.472 e. The zero-order valence-corrected chi connectivity index (χ0v) is 71.2. The number of hydrogen-bond acceptors (Lipinski definition) is 15. The summed E-state index contributed by atoms with van der Waals surface area (Å²) in [5.41, 5.74) is 0. The van der Waals surface area contributed by atoms with Crippen molar-refractivity contribution in [3.05, 3.63) is 0 Å². The van der Waals surface area contributed by atoms with E-state index in [-0.39, 0.29) is 25.7 Å². The number of unbranched alkanes of at least 4 members (excludes halogenated alkanes) is 49. The van der Waals surface area contributed by atoms with E-state index in [1.165, 1.54) is 244 Å². The molecule has 0 aromatic heterocycles. The first kappa shape index (κ1) is 103. The van der Waals surface area contributed by atoms with Crippen LogP contribution in [0.1, 0.15) is 447 Å². The second kappa shape index (κ2) is 74.8. The summed E-state index contributed by atoms with van der Waals surface area (Å²) >= 11 is 0. The van der Waals surface area contributed by atoms with Gasteiger partial charge in [0, 0.05) is 25.7 Å². The van der Waals surface area contributed by atoms with Crippen LogP contribution in [0.15, 0.2) is 0 Å². The normalized spacial score (nSPS) is 13.9. The number of rotatable bonds is 83. The highest BCUT2D eigenvalue weighted by atomic mass is 31.2. The Labute approximate surface area is 645 Å². The summed E-state index contributed by atoms with van der Waals surface area (Å²) in [6, 6.07) is 0. The van der Waals surface area contributed by atoms with Crippen molar-refractivity contribution in [1.82, 2.24) is 0 Å². The Morgan fingerprint density at radius 1 is 0.238 bits per heavy atom. The van der Waals surface area contributed by atoms with Crippen molar-refractivity contribution in [2.45, 2.75) is 465 Å². The zero-order valence-electron chi connectivity index (χ0n) is 69.4. The molecule has 0 aliphatic heterocycles. The summed E-state index contributed by atoms with van der Waals surface area (Å²) < 4.78 is 68.9. The number of phosphoric ester groups is 2. The first-order valence-electron chi connectivity index (χ1n) is 44.2. The van der Waals surface area contributed by atoms with Crippen LogP contribution in [0.3, 0.4) is 0 Å². The zero-order chi connectivity index (χ0) is 77.4. The summed E-state index contributed by atoms with van der Waals surface area (Å²) in [5, 5.41) is 10.7. The smallest absolute Gasteiger partial charge is 0.462 e. The quantitative estimate of drug-likeness (QED) is 0.0222. The van der Waals surface area contributed by atoms with Crippen LogP contribution >= 0.6 is 15.6 Å². The van der Waals surface area contributed by atoms with Gasteiger partial charge in [0.25, 0.3) is 0 Å². The Hall–Kier alpha value is -1.94. The molecule has 3 unspecified atom stereocenters. The van der Waals surface area contributed by atoms with E-state index in [1.807, 2.05) is 0 Å². The average Bonchev–Trinajstić information content (AvgIpc) is 0.936. The van der Waals surface area contributed by atoms with Crippen LogP contribution in [-0.2, 0) is 65.4 Å². The Morgan fingerprint density at radius 3 is 0.590 bits per heavy atom. The summed E-state index contributed by atoms with van der Waals surface area (Å²) in [6.45, 7) is 14.3. The summed E-state index contributed by atoms with van der Waals surface area (Å²) in [4.78, 5) is 73.2. The van der Waals surface area contributed by atoms with Gasteiger partial charge in [-0.25, -0.2) is 9.13 Å². The third-order valence-electron chi connectivity index (χ3n) is 20.1. The van der Waals surface area contributed by atoms with Crippen molar-refractivity contribution < 1.29 is 80.2 Å². The van der Waals surface area contributed by atoms with E-state index in [4.69, 9.17) is 37.0 Å². The fourth-order valence-corrected chi connectivity index (χ4v) is 14.9. The van der Waals surface area contributed by atoms with Crippen molar-refractivity contribution >= 4 is 39.5 Å². The lowest BCUT2D eigenvalue weighted by Crippen LogP contribution is -2.30. The number of carbonyl (C=O) groups excluding carboxylic acids is 4. The predicted octanol–water partition coefficient (Wildman–Crippen LogP) is 25.9. The monoisotopic (exact) mass is 1540 g/mol. The van der Waals surface area contributed by atoms with Crippen LogP contribution in [0, 0.1) is 23.7 Å². The van der Waals surface area contributed by atoms with Crippen LogP contribution in [0.25, 0.3) is 0 Å². The standard InChI is InChI=1S/C86H168O17P2/c1-76(2)62-54-46-38-31-25-19-15-11-9-10-12-18-22-29-35-43-52-60-68-85(90)103-82(73-97-84(89)67-59-51-45-37-41-49-57-65-79(7)8)75-101-105(94,95)99-71-80(87)70-98-104(92,93)100-74-81(102-86(91)69-61-53-44-36-30-24-23-27-33-40-48-56-64-78(5)6)72-96-83(88)66-58-50-42-34-28-21-17-14-13-16-20-26-32-39-47-55-63-77(3)4/h76-82,87H,9-75H2,1-8H3,(H,92,93)(H,94,95)/t80?,81-,82-/m1/s1. The van der Waals surface area contributed by atoms with Gasteiger partial charge in [-0.1, -0.05) is 396 Å². The van der Waals surface area contributed by atoms with Gasteiger partial charge in [-0.2, -0.15) is 0 Å². The number of aliphatic hydroxyl groups excluding tert-OH is 1. The van der Waals surface area contributed by atoms with Crippen LogP contribution in [0.5, 0.6) is 0 Å². The number of aliphatic hydroxyl groups is 1. The molecule has 3 N–H and O–H groups in total. The second-order valence-corrected chi connectivity index (χ2v) is 35.7. The topological polar surface area (TPSA) is 237 Å². The van der Waals surface area contributed by atoms with Gasteiger partial charge in [0.05, 0.1) is 26.4 Å². The van der Waals surface area contributed by atoms with Crippen LogP contribution in [-0.4, -0.2) is 96.7 Å². The van der Waals surface area contributed by atoms with Gasteiger partial charge in [0.2, 0.25) is 0 Å². The van der Waals surface area contributed by atoms with Crippen LogP contribution in [0.2, 0.25) is 0 Å². The molecule has 0 aliphatic carbocycles. The maximum absolute atomic E-state index is 13.1. The van der Waals surface area contributed by atoms with E-state index in [0.29, 0.717) is 31.6 Å². The molecule has 0 heterocycles. The van der Waals surface area contributed by atoms with Crippen LogP contribution < -0.4 is 0 Å². The van der Waals surface area contributed by atoms with Gasteiger partial charge in [-0.05, 0) is 49.4 Å². The van der Waals surface area contributed by atoms with E-state index >= 15 is 0 Å². The first-order valence-corrected chi connectivity index (χ1v) is 47.2. The molecule has 0 amide bonds. The lowest BCUT2D eigenvalue weighted by molar-refractivity contribution is -0.161. The van der Waals surface area contributed by atoms with Gasteiger partial charge in [0.1, 0.15) is 19.3 Å². The highest BCUT2D eigenvalue weighted by Crippen LogP contribution is 2.45. The highest BCUT2D eigenvalue weighted by Gasteiger charge is 2.30. The number of phosphoric acid groups is 2. The number of ether oxygens (including phenoxy) is 4. The molecule has 0 aromatic carbocycles. The molecule has 0 aliphatic rings. The molecule has 0 radical (unpaired) electrons. The van der Waals surface area contributed by atoms with Gasteiger partial charge in [-0.15, -0.1) is 0 Å². The molecule has 19 heteroatoms. The Morgan fingerprint density at radius 2 is 0.400 bits per heavy atom. The maximum Gasteiger partial charge on any atom is 0.472 e. The van der Waals surface area contributed by atoms with E-state index in [1.54, 1.807) is 0 Å². The van der Waals surface area contributed by atoms with E-state index in [2.05, 4.69) is 55.4 Å². The van der Waals surface area contributed by atoms with Gasteiger partial charge < -0.3 is 33.8 Å². The Kier molecular flexibility index (Phi) is 73.4. The van der Waals surface area contributed by atoms with Gasteiger partial charge >= 0.3 is 39.5 Å². The lowest BCUT2D eigenvalue weighted by Gasteiger charge is -2.21. The highest BCUT2D eigenvalue weighted by molar-refractivity contribution is 7.47. The molecule has 0 saturated heterocycles. The molecule has 0 fully saturated rings. The Bertz CT molecular complexity index is 2040. The number of carbonyl (C=O) groups is 4. The molecule has 0 saturated carbocycles. The summed E-state index contributed by atoms with van der Waals surface area (Å²) in [6.07, 6.45) is 64.0. The minimum atomic E-state index is -4.97. The van der Waals surface area contributed by atoms with Crippen molar-refractivity contribution in [2.75, 3.05) is 39.6 Å². The fraction of sp³-hybridized carbons (Fsp3) is 0.953. The molecule has 5 atom stereocenters. The lowest BCUT2D eigenvalue weighted by atomic mass is 10.0. The van der Waals surface area contributed by atoms with E-state index < -0.39 is 97.5 Å². The summed E-state index contributed by atoms with van der Waals surface area (Å²) in [5.74, 6) is 1.01. The van der Waals surface area contributed by atoms with Gasteiger partial charge in [0.15, 0.2) is 12.2 Å². The molecular weight excluding hydrogens is 1370 g/mol. The average molecular weight is 1540 g/mol. The third-order valence-corrected chi connectivity index (χ3v) is 22.0. The molecular formula is C86H168O17P2. The third kappa shape index (κ3) is 79.9. The first-order chi connectivity index (χ1) is 50.6. The maximum atomic E-state index is 13.1. The Balaban J connectivity index is 5.20. The molecule has 0 spiro atoms. The molecule has 105 heavy (non-hydrogen) atoms. The van der Waals surface area contributed by atoms with Crippen molar-refractivity contribution in [3.63, 3.8) is 0 Å². The van der Waals surface area contributed by atoms with Crippen molar-refractivity contribution in [1.29, 1.82) is 0 Å². The summed E-state index contributed by atoms with van der Waals surface area (Å²) in [7, 11) is -9.93. The minimum absolute atomic E-state index is 0.107. The fourth-order valence-electron chi connectivity index (χ4n) is 13.3. The number of esters is 4. The van der Waals surface area contributed by atoms with Gasteiger partial charge in [-0.3, -0.25) is 37.3 Å². The number of hydrogen-bond donors (Lipinski definition) is 3.